The number of hydrogen-bond donors (Lipinski definition) is 0. The molecule has 4 saturated carbocycles. The van der Waals surface area contributed by atoms with Crippen LogP contribution in [0.5, 0.6) is 0 Å². The molecule has 6 rings (SSSR count). The molecule has 0 N–H and O–H groups in total. The molecule has 6 fully saturated rings. The van der Waals surface area contributed by atoms with Crippen molar-refractivity contribution in [3.8, 4) is 0 Å². The van der Waals surface area contributed by atoms with E-state index in [0.717, 1.165) is 82.8 Å². The standard InChI is InChI=1S/C22H35N3O2/c26-20(3-6-23-4-1-2-5-23)24-7-9-25(10-8-24)21(27)22-14-17-11-18(15-22)13-19(12-17)16-22/h17-19H,1-16H2. The topological polar surface area (TPSA) is 43.9 Å². The molecule has 0 spiro atoms. The van der Waals surface area contributed by atoms with E-state index >= 15 is 0 Å². The SMILES string of the molecule is O=C(CCN1CCCC1)N1CCN(C(=O)C23CC4CC(CC(C4)C2)C3)CC1. The van der Waals surface area contributed by atoms with Crippen LogP contribution in [0.2, 0.25) is 0 Å². The molecule has 0 radical (unpaired) electrons. The summed E-state index contributed by atoms with van der Waals surface area (Å²) in [6.07, 6.45) is 10.8. The second kappa shape index (κ2) is 7.06. The van der Waals surface area contributed by atoms with E-state index in [1.54, 1.807) is 0 Å². The molecule has 2 saturated heterocycles. The van der Waals surface area contributed by atoms with Crippen molar-refractivity contribution in [2.75, 3.05) is 45.8 Å². The van der Waals surface area contributed by atoms with Crippen molar-refractivity contribution in [3.05, 3.63) is 0 Å². The maximum Gasteiger partial charge on any atom is 0.228 e. The molecule has 2 amide bonds. The molecule has 5 nitrogen and oxygen atoms in total. The Bertz CT molecular complexity index is 555. The first-order valence-corrected chi connectivity index (χ1v) is 11.4. The molecule has 0 unspecified atom stereocenters. The number of amides is 2. The largest absolute Gasteiger partial charge is 0.339 e. The van der Waals surface area contributed by atoms with Crippen LogP contribution in [0.3, 0.4) is 0 Å². The predicted molar refractivity (Wildman–Crippen MR) is 104 cm³/mol. The van der Waals surface area contributed by atoms with E-state index in [0.29, 0.717) is 12.3 Å². The van der Waals surface area contributed by atoms with Crippen molar-refractivity contribution in [3.63, 3.8) is 0 Å². The molecule has 2 aliphatic heterocycles. The summed E-state index contributed by atoms with van der Waals surface area (Å²) in [5.74, 6) is 3.16. The Kier molecular flexibility index (Phi) is 4.69. The minimum atomic E-state index is -0.0311. The minimum Gasteiger partial charge on any atom is -0.339 e. The third-order valence-corrected chi connectivity index (χ3v) is 8.25. The van der Waals surface area contributed by atoms with Gasteiger partial charge in [-0.3, -0.25) is 9.59 Å². The first-order chi connectivity index (χ1) is 13.1. The van der Waals surface area contributed by atoms with Crippen molar-refractivity contribution < 1.29 is 9.59 Å². The summed E-state index contributed by atoms with van der Waals surface area (Å²) in [5.41, 5.74) is -0.0311. The summed E-state index contributed by atoms with van der Waals surface area (Å²) >= 11 is 0. The first kappa shape index (κ1) is 18.0. The highest BCUT2D eigenvalue weighted by molar-refractivity contribution is 5.84. The lowest BCUT2D eigenvalue weighted by Gasteiger charge is -2.57. The molecule has 0 aromatic carbocycles. The van der Waals surface area contributed by atoms with Gasteiger partial charge in [-0.15, -0.1) is 0 Å². The van der Waals surface area contributed by atoms with Crippen LogP contribution in [0.1, 0.15) is 57.8 Å². The van der Waals surface area contributed by atoms with Gasteiger partial charge in [-0.1, -0.05) is 0 Å². The lowest BCUT2D eigenvalue weighted by molar-refractivity contribution is -0.160. The average Bonchev–Trinajstić information content (AvgIpc) is 3.18. The number of rotatable bonds is 4. The van der Waals surface area contributed by atoms with Gasteiger partial charge in [0.25, 0.3) is 0 Å². The van der Waals surface area contributed by atoms with Crippen molar-refractivity contribution in [1.82, 2.24) is 14.7 Å². The summed E-state index contributed by atoms with van der Waals surface area (Å²) in [4.78, 5) is 32.5. The number of carbonyl (C=O) groups is 2. The maximum atomic E-state index is 13.4. The highest BCUT2D eigenvalue weighted by atomic mass is 16.2. The van der Waals surface area contributed by atoms with Crippen molar-refractivity contribution in [2.45, 2.75) is 57.8 Å². The Labute approximate surface area is 163 Å². The number of nitrogens with zero attached hydrogens (tertiary/aromatic N) is 3. The van der Waals surface area contributed by atoms with E-state index in [1.165, 1.54) is 32.1 Å². The molecule has 4 bridgehead atoms. The van der Waals surface area contributed by atoms with Crippen molar-refractivity contribution in [1.29, 1.82) is 0 Å². The summed E-state index contributed by atoms with van der Waals surface area (Å²) in [5, 5.41) is 0. The third-order valence-electron chi connectivity index (χ3n) is 8.25. The Hall–Kier alpha value is -1.10. The van der Waals surface area contributed by atoms with E-state index in [1.807, 2.05) is 4.90 Å². The molecule has 150 valence electrons. The van der Waals surface area contributed by atoms with E-state index in [2.05, 4.69) is 9.80 Å². The fourth-order valence-electron chi connectivity index (χ4n) is 7.29. The Balaban J connectivity index is 1.14. The van der Waals surface area contributed by atoms with E-state index < -0.39 is 0 Å². The van der Waals surface area contributed by atoms with Crippen LogP contribution in [0.15, 0.2) is 0 Å². The van der Waals surface area contributed by atoms with Gasteiger partial charge in [0.1, 0.15) is 0 Å². The van der Waals surface area contributed by atoms with Gasteiger partial charge >= 0.3 is 0 Å². The maximum absolute atomic E-state index is 13.4. The van der Waals surface area contributed by atoms with Crippen LogP contribution in [-0.2, 0) is 9.59 Å². The van der Waals surface area contributed by atoms with Gasteiger partial charge in [-0.2, -0.15) is 0 Å². The van der Waals surface area contributed by atoms with Gasteiger partial charge in [0.2, 0.25) is 11.8 Å². The van der Waals surface area contributed by atoms with Gasteiger partial charge in [-0.25, -0.2) is 0 Å². The van der Waals surface area contributed by atoms with Crippen LogP contribution < -0.4 is 0 Å². The zero-order chi connectivity index (χ0) is 18.4. The molecule has 4 aliphatic carbocycles. The normalized spacial score (nSPS) is 38.6. The summed E-state index contributed by atoms with van der Waals surface area (Å²) in [6.45, 7) is 6.17. The monoisotopic (exact) mass is 373 g/mol. The van der Waals surface area contributed by atoms with Crippen LogP contribution in [-0.4, -0.2) is 72.3 Å². The van der Waals surface area contributed by atoms with Crippen LogP contribution >= 0.6 is 0 Å². The Morgan fingerprint density at radius 3 is 1.81 bits per heavy atom. The molecule has 0 aromatic rings. The van der Waals surface area contributed by atoms with E-state index in [4.69, 9.17) is 0 Å². The second-order valence-electron chi connectivity index (χ2n) is 10.2. The van der Waals surface area contributed by atoms with E-state index in [9.17, 15) is 9.59 Å². The number of carbonyl (C=O) groups excluding carboxylic acids is 2. The highest BCUT2D eigenvalue weighted by Gasteiger charge is 2.55. The van der Waals surface area contributed by atoms with Crippen LogP contribution in [0.4, 0.5) is 0 Å². The Morgan fingerprint density at radius 2 is 1.26 bits per heavy atom. The molecule has 27 heavy (non-hydrogen) atoms. The molecule has 5 heteroatoms. The smallest absolute Gasteiger partial charge is 0.228 e. The lowest BCUT2D eigenvalue weighted by atomic mass is 9.49. The molecular weight excluding hydrogens is 338 g/mol. The van der Waals surface area contributed by atoms with Crippen LogP contribution in [0, 0.1) is 23.2 Å². The van der Waals surface area contributed by atoms with Gasteiger partial charge in [-0.05, 0) is 82.2 Å². The molecule has 0 atom stereocenters. The van der Waals surface area contributed by atoms with Crippen molar-refractivity contribution in [2.24, 2.45) is 23.2 Å². The zero-order valence-electron chi connectivity index (χ0n) is 16.7. The van der Waals surface area contributed by atoms with Crippen molar-refractivity contribution >= 4 is 11.8 Å². The number of hydrogen-bond acceptors (Lipinski definition) is 3. The molecule has 6 aliphatic rings. The number of piperazine rings is 1. The Morgan fingerprint density at radius 1 is 0.741 bits per heavy atom. The van der Waals surface area contributed by atoms with Gasteiger partial charge < -0.3 is 14.7 Å². The summed E-state index contributed by atoms with van der Waals surface area (Å²) in [7, 11) is 0. The second-order valence-corrected chi connectivity index (χ2v) is 10.2. The fraction of sp³-hybridized carbons (Fsp3) is 0.909. The van der Waals surface area contributed by atoms with Gasteiger partial charge in [0.15, 0.2) is 0 Å². The number of likely N-dealkylation sites (tertiary alicyclic amines) is 1. The average molecular weight is 374 g/mol. The third kappa shape index (κ3) is 3.41. The zero-order valence-corrected chi connectivity index (χ0v) is 16.7. The van der Waals surface area contributed by atoms with Gasteiger partial charge in [0, 0.05) is 39.1 Å². The predicted octanol–water partition coefficient (Wildman–Crippen LogP) is 2.36. The molecule has 0 aromatic heterocycles. The summed E-state index contributed by atoms with van der Waals surface area (Å²) in [6, 6.07) is 0. The molecule has 2 heterocycles. The summed E-state index contributed by atoms with van der Waals surface area (Å²) < 4.78 is 0. The quantitative estimate of drug-likeness (QED) is 0.760. The highest BCUT2D eigenvalue weighted by Crippen LogP contribution is 2.60. The fourth-order valence-corrected chi connectivity index (χ4v) is 7.29. The van der Waals surface area contributed by atoms with E-state index in [-0.39, 0.29) is 11.3 Å². The lowest BCUT2D eigenvalue weighted by Crippen LogP contribution is -2.58. The van der Waals surface area contributed by atoms with Crippen LogP contribution in [0.25, 0.3) is 0 Å². The van der Waals surface area contributed by atoms with Gasteiger partial charge in [0.05, 0.1) is 5.41 Å². The molecular formula is C22H35N3O2. The first-order valence-electron chi connectivity index (χ1n) is 11.4. The minimum absolute atomic E-state index is 0.0311.